The summed E-state index contributed by atoms with van der Waals surface area (Å²) >= 11 is 0. The smallest absolute Gasteiger partial charge is 0.332 e. The number of benzene rings is 1. The second kappa shape index (κ2) is 9.96. The van der Waals surface area contributed by atoms with Crippen LogP contribution in [-0.4, -0.2) is 47.4 Å². The largest absolute Gasteiger partial charge is 0.341 e. The summed E-state index contributed by atoms with van der Waals surface area (Å²) in [4.78, 5) is 38.8. The molecule has 11 heteroatoms. The van der Waals surface area contributed by atoms with Crippen LogP contribution in [0, 0.1) is 23.2 Å². The molecule has 3 aromatic heterocycles. The third kappa shape index (κ3) is 4.28. The van der Waals surface area contributed by atoms with E-state index in [9.17, 15) is 9.59 Å². The van der Waals surface area contributed by atoms with E-state index >= 15 is 0 Å². The van der Waals surface area contributed by atoms with Gasteiger partial charge in [0.2, 0.25) is 5.95 Å². The van der Waals surface area contributed by atoms with E-state index < -0.39 is 11.2 Å². The molecule has 11 nitrogen and oxygen atoms in total. The minimum atomic E-state index is -0.482. The van der Waals surface area contributed by atoms with E-state index in [1.807, 2.05) is 28.8 Å². The molecule has 1 aliphatic rings. The number of hydrogen-bond donors (Lipinski definition) is 1. The van der Waals surface area contributed by atoms with E-state index in [4.69, 9.17) is 21.0 Å². The molecular weight excluding hydrogens is 470 g/mol. The second-order valence-electron chi connectivity index (χ2n) is 9.25. The van der Waals surface area contributed by atoms with E-state index in [2.05, 4.69) is 22.8 Å². The van der Waals surface area contributed by atoms with E-state index in [1.165, 1.54) is 9.13 Å². The van der Waals surface area contributed by atoms with Crippen molar-refractivity contribution in [3.8, 4) is 17.9 Å². The first kappa shape index (κ1) is 24.3. The highest BCUT2D eigenvalue weighted by Crippen LogP contribution is 2.23. The summed E-state index contributed by atoms with van der Waals surface area (Å²) in [6, 6.07) is 9.75. The Hall–Kier alpha value is -4.35. The number of rotatable bonds is 6. The van der Waals surface area contributed by atoms with Gasteiger partial charge in [-0.3, -0.25) is 18.5 Å². The summed E-state index contributed by atoms with van der Waals surface area (Å²) in [5.74, 6) is 7.07. The van der Waals surface area contributed by atoms with Gasteiger partial charge in [-0.15, -0.1) is 5.92 Å². The molecule has 1 aliphatic heterocycles. The molecule has 1 unspecified atom stereocenters. The van der Waals surface area contributed by atoms with Crippen LogP contribution in [0.1, 0.15) is 32.0 Å². The Morgan fingerprint density at radius 1 is 1.16 bits per heavy atom. The molecule has 1 saturated heterocycles. The van der Waals surface area contributed by atoms with Crippen LogP contribution in [0.5, 0.6) is 0 Å². The Kier molecular flexibility index (Phi) is 6.55. The third-order valence-electron chi connectivity index (χ3n) is 6.85. The van der Waals surface area contributed by atoms with E-state index in [0.29, 0.717) is 36.0 Å². The van der Waals surface area contributed by atoms with Crippen LogP contribution in [0.4, 0.5) is 5.95 Å². The molecule has 190 valence electrons. The van der Waals surface area contributed by atoms with Crippen molar-refractivity contribution in [2.45, 2.75) is 51.9 Å². The van der Waals surface area contributed by atoms with E-state index in [1.54, 1.807) is 18.5 Å². The Bertz CT molecular complexity index is 1700. The van der Waals surface area contributed by atoms with Gasteiger partial charge in [-0.2, -0.15) is 10.2 Å². The number of imidazole rings is 2. The molecule has 37 heavy (non-hydrogen) atoms. The highest BCUT2D eigenvalue weighted by Gasteiger charge is 2.26. The molecule has 4 aromatic rings. The van der Waals surface area contributed by atoms with Crippen molar-refractivity contribution in [3.05, 3.63) is 50.9 Å². The summed E-state index contributed by atoms with van der Waals surface area (Å²) in [6.07, 6.45) is 2.14. The highest BCUT2D eigenvalue weighted by atomic mass is 16.2. The molecule has 4 heterocycles. The van der Waals surface area contributed by atoms with Gasteiger partial charge in [-0.05, 0) is 31.9 Å². The van der Waals surface area contributed by atoms with Gasteiger partial charge in [-0.1, -0.05) is 18.1 Å². The molecular formula is C26H29N9O2. The molecule has 2 N–H and O–H groups in total. The number of nitriles is 1. The number of nitrogens with zero attached hydrogens (tertiary/aromatic N) is 8. The van der Waals surface area contributed by atoms with Gasteiger partial charge >= 0.3 is 5.69 Å². The van der Waals surface area contributed by atoms with Gasteiger partial charge in [0.1, 0.15) is 5.82 Å². The average molecular weight is 500 g/mol. The van der Waals surface area contributed by atoms with Crippen LogP contribution in [0.3, 0.4) is 0 Å². The first-order chi connectivity index (χ1) is 17.9. The maximum absolute atomic E-state index is 13.9. The highest BCUT2D eigenvalue weighted by molar-refractivity contribution is 5.76. The summed E-state index contributed by atoms with van der Waals surface area (Å²) in [5.41, 5.74) is 7.52. The van der Waals surface area contributed by atoms with Crippen LogP contribution >= 0.6 is 0 Å². The normalized spacial score (nSPS) is 15.6. The number of aromatic nitrogens is 6. The maximum atomic E-state index is 13.9. The number of para-hydroxylation sites is 2. The second-order valence-corrected chi connectivity index (χ2v) is 9.25. The first-order valence-corrected chi connectivity index (χ1v) is 12.4. The van der Waals surface area contributed by atoms with E-state index in [-0.39, 0.29) is 25.6 Å². The summed E-state index contributed by atoms with van der Waals surface area (Å²) in [7, 11) is 1.62. The topological polar surface area (TPSA) is 133 Å². The number of piperidine rings is 1. The van der Waals surface area contributed by atoms with Gasteiger partial charge in [-0.25, -0.2) is 9.78 Å². The van der Waals surface area contributed by atoms with Crippen LogP contribution in [0.2, 0.25) is 0 Å². The minimum absolute atomic E-state index is 0.0150. The predicted molar refractivity (Wildman–Crippen MR) is 141 cm³/mol. The number of fused-ring (bicyclic) bond motifs is 2. The molecule has 0 bridgehead atoms. The fourth-order valence-corrected chi connectivity index (χ4v) is 5.04. The number of aryl methyl sites for hydroxylation is 2. The van der Waals surface area contributed by atoms with Gasteiger partial charge in [0.05, 0.1) is 36.6 Å². The van der Waals surface area contributed by atoms with Crippen LogP contribution in [0.15, 0.2) is 33.9 Å². The van der Waals surface area contributed by atoms with Crippen molar-refractivity contribution in [3.63, 3.8) is 0 Å². The average Bonchev–Trinajstić information content (AvgIpc) is 3.45. The van der Waals surface area contributed by atoms with E-state index in [0.717, 1.165) is 30.4 Å². The monoisotopic (exact) mass is 499 g/mol. The van der Waals surface area contributed by atoms with Gasteiger partial charge in [0.25, 0.3) is 5.56 Å². The number of hydrogen-bond acceptors (Lipinski definition) is 7. The zero-order valence-corrected chi connectivity index (χ0v) is 21.0. The Labute approximate surface area is 213 Å². The summed E-state index contributed by atoms with van der Waals surface area (Å²) in [6.45, 7) is 3.77. The Balaban J connectivity index is 1.69. The molecule has 0 spiro atoms. The van der Waals surface area contributed by atoms with Crippen molar-refractivity contribution in [1.29, 1.82) is 5.26 Å². The van der Waals surface area contributed by atoms with Gasteiger partial charge in [0, 0.05) is 32.7 Å². The first-order valence-electron chi connectivity index (χ1n) is 12.4. The lowest BCUT2D eigenvalue weighted by Crippen LogP contribution is -2.44. The lowest BCUT2D eigenvalue weighted by molar-refractivity contribution is 0.496. The van der Waals surface area contributed by atoms with Crippen molar-refractivity contribution in [2.24, 2.45) is 12.8 Å². The van der Waals surface area contributed by atoms with Gasteiger partial charge in [0.15, 0.2) is 11.2 Å². The van der Waals surface area contributed by atoms with Crippen molar-refractivity contribution >= 4 is 28.1 Å². The third-order valence-corrected chi connectivity index (χ3v) is 6.85. The summed E-state index contributed by atoms with van der Waals surface area (Å²) in [5, 5.41) is 9.16. The summed E-state index contributed by atoms with van der Waals surface area (Å²) < 4.78 is 6.29. The zero-order valence-electron chi connectivity index (χ0n) is 21.0. The molecule has 5 rings (SSSR count). The molecule has 0 aliphatic carbocycles. The number of nitrogens with two attached hydrogens (primary N) is 1. The van der Waals surface area contributed by atoms with Crippen LogP contribution in [0.25, 0.3) is 22.2 Å². The molecule has 1 fully saturated rings. The zero-order chi connectivity index (χ0) is 26.1. The van der Waals surface area contributed by atoms with Gasteiger partial charge < -0.3 is 15.2 Å². The predicted octanol–water partition coefficient (Wildman–Crippen LogP) is 1.16. The van der Waals surface area contributed by atoms with Crippen LogP contribution < -0.4 is 21.9 Å². The van der Waals surface area contributed by atoms with Crippen molar-refractivity contribution in [2.75, 3.05) is 18.0 Å². The fourth-order valence-electron chi connectivity index (χ4n) is 5.04. The Morgan fingerprint density at radius 3 is 2.73 bits per heavy atom. The molecule has 0 amide bonds. The molecule has 1 aromatic carbocycles. The van der Waals surface area contributed by atoms with Crippen molar-refractivity contribution in [1.82, 2.24) is 28.2 Å². The lowest BCUT2D eigenvalue weighted by Gasteiger charge is -2.31. The lowest BCUT2D eigenvalue weighted by atomic mass is 10.1. The SMILES string of the molecule is CC#CCn1c(N2CCCC(N)C2)nc2c1c(=O)n(Cc1nc3ccccc3n1CCC#N)c(=O)n2C. The fraction of sp³-hybridized carbons (Fsp3) is 0.423. The van der Waals surface area contributed by atoms with Crippen LogP contribution in [-0.2, 0) is 26.7 Å². The minimum Gasteiger partial charge on any atom is -0.341 e. The molecule has 0 saturated carbocycles. The standard InChI is InChI=1S/C26H29N9O2/c1-3-4-14-34-22-23(30-25(34)32-13-7-9-18(28)16-32)31(2)26(37)35(24(22)36)17-21-29-19-10-5-6-11-20(19)33(21)15-8-12-27/h5-6,10-11,18H,7-9,13-17,28H2,1-2H3. The van der Waals surface area contributed by atoms with Crippen molar-refractivity contribution < 1.29 is 0 Å². The quantitative estimate of drug-likeness (QED) is 0.394. The number of anilines is 1. The Morgan fingerprint density at radius 2 is 1.97 bits per heavy atom. The molecule has 0 radical (unpaired) electrons. The molecule has 1 atom stereocenters. The maximum Gasteiger partial charge on any atom is 0.332 e.